The quantitative estimate of drug-likeness (QED) is 0.0762. The Hall–Kier alpha value is -5.83. The molecular weight excluding hydrogens is 590 g/mol. The molecule has 3 aromatic heterocycles. The van der Waals surface area contributed by atoms with E-state index in [1.54, 1.807) is 24.3 Å². The first-order valence-corrected chi connectivity index (χ1v) is 15.8. The molecule has 0 bridgehead atoms. The van der Waals surface area contributed by atoms with Gasteiger partial charge in [-0.15, -0.1) is 0 Å². The molecule has 0 N–H and O–H groups in total. The summed E-state index contributed by atoms with van der Waals surface area (Å²) in [5.41, 5.74) is 9.77. The topological polar surface area (TPSA) is 105 Å². The summed E-state index contributed by atoms with van der Waals surface area (Å²) in [5, 5.41) is 12.5. The number of aryl methyl sites for hydroxylation is 1. The van der Waals surface area contributed by atoms with E-state index in [4.69, 9.17) is 14.7 Å². The van der Waals surface area contributed by atoms with Gasteiger partial charge < -0.3 is 13.7 Å². The number of carbonyl (C=O) groups is 1. The normalized spacial score (nSPS) is 13.4. The van der Waals surface area contributed by atoms with E-state index in [-0.39, 0.29) is 5.69 Å². The standard InChI is InChI=1S/C38H31N5O4/c1-47-38(44)28-14-17-33-30(22-28)40-37(41(33)20-19-24-7-3-2-4-8-24)27-13-18-34-31(21-27)39-36(25-11-15-29(16-12-25)43(45)46)35-23-26-9-5-6-10-32(26)42(34)35/h5-7,9-18,21-23H,2-4,8,19-20H2,1H3. The molecule has 1 aliphatic rings. The summed E-state index contributed by atoms with van der Waals surface area (Å²) in [6.07, 6.45) is 8.04. The number of nitro benzene ring substituents is 1. The highest BCUT2D eigenvalue weighted by atomic mass is 16.6. The third kappa shape index (κ3) is 5.00. The predicted octanol–water partition coefficient (Wildman–Crippen LogP) is 8.91. The highest BCUT2D eigenvalue weighted by Gasteiger charge is 2.19. The van der Waals surface area contributed by atoms with Gasteiger partial charge in [0, 0.05) is 35.2 Å². The molecule has 0 saturated carbocycles. The van der Waals surface area contributed by atoms with Crippen LogP contribution in [-0.2, 0) is 11.3 Å². The van der Waals surface area contributed by atoms with Crippen molar-refractivity contribution in [1.82, 2.24) is 18.9 Å². The van der Waals surface area contributed by atoms with E-state index >= 15 is 0 Å². The van der Waals surface area contributed by atoms with Crippen molar-refractivity contribution >= 4 is 50.1 Å². The van der Waals surface area contributed by atoms with Crippen LogP contribution < -0.4 is 0 Å². The number of nitro groups is 1. The number of para-hydroxylation sites is 1. The summed E-state index contributed by atoms with van der Waals surface area (Å²) in [6.45, 7) is 0.760. The van der Waals surface area contributed by atoms with Gasteiger partial charge in [0.1, 0.15) is 5.82 Å². The molecule has 0 amide bonds. The molecule has 0 aliphatic heterocycles. The number of nitrogens with zero attached hydrogens (tertiary/aromatic N) is 5. The molecule has 47 heavy (non-hydrogen) atoms. The molecule has 0 atom stereocenters. The van der Waals surface area contributed by atoms with Crippen LogP contribution in [0.3, 0.4) is 0 Å². The summed E-state index contributed by atoms with van der Waals surface area (Å²) in [7, 11) is 1.38. The van der Waals surface area contributed by atoms with Gasteiger partial charge in [0.25, 0.3) is 5.69 Å². The fraction of sp³-hybridized carbons (Fsp3) is 0.184. The minimum Gasteiger partial charge on any atom is -0.465 e. The smallest absolute Gasteiger partial charge is 0.337 e. The Morgan fingerprint density at radius 2 is 1.64 bits per heavy atom. The minimum absolute atomic E-state index is 0.0339. The Labute approximate surface area is 269 Å². The number of hydrogen-bond acceptors (Lipinski definition) is 6. The van der Waals surface area contributed by atoms with Gasteiger partial charge in [-0.05, 0) is 92.8 Å². The van der Waals surface area contributed by atoms with E-state index in [1.807, 2.05) is 18.2 Å². The number of benzene rings is 4. The number of esters is 1. The van der Waals surface area contributed by atoms with Crippen molar-refractivity contribution in [3.05, 3.63) is 118 Å². The molecule has 1 aliphatic carbocycles. The number of carbonyl (C=O) groups excluding carboxylic acids is 1. The third-order valence-electron chi connectivity index (χ3n) is 9.22. The predicted molar refractivity (Wildman–Crippen MR) is 184 cm³/mol. The lowest BCUT2D eigenvalue weighted by Gasteiger charge is -2.15. The highest BCUT2D eigenvalue weighted by Crippen LogP contribution is 2.35. The van der Waals surface area contributed by atoms with Crippen molar-refractivity contribution in [2.24, 2.45) is 0 Å². The molecule has 9 heteroatoms. The molecule has 0 saturated heterocycles. The fourth-order valence-corrected chi connectivity index (χ4v) is 6.87. The van der Waals surface area contributed by atoms with Crippen LogP contribution >= 0.6 is 0 Å². The average molecular weight is 622 g/mol. The van der Waals surface area contributed by atoms with Gasteiger partial charge in [0.15, 0.2) is 0 Å². The van der Waals surface area contributed by atoms with Gasteiger partial charge in [-0.1, -0.05) is 29.8 Å². The number of hydrogen-bond donors (Lipinski definition) is 0. The van der Waals surface area contributed by atoms with Crippen molar-refractivity contribution in [3.63, 3.8) is 0 Å². The van der Waals surface area contributed by atoms with Crippen molar-refractivity contribution in [3.8, 4) is 22.6 Å². The second kappa shape index (κ2) is 11.5. The molecule has 9 nitrogen and oxygen atoms in total. The van der Waals surface area contributed by atoms with E-state index in [2.05, 4.69) is 51.4 Å². The average Bonchev–Trinajstić information content (AvgIpc) is 3.69. The Morgan fingerprint density at radius 3 is 2.43 bits per heavy atom. The summed E-state index contributed by atoms with van der Waals surface area (Å²) in [4.78, 5) is 33.6. The summed E-state index contributed by atoms with van der Waals surface area (Å²) in [5.74, 6) is 0.406. The first-order chi connectivity index (χ1) is 23.0. The second-order valence-electron chi connectivity index (χ2n) is 12.0. The molecule has 0 fully saturated rings. The highest BCUT2D eigenvalue weighted by molar-refractivity contribution is 6.00. The summed E-state index contributed by atoms with van der Waals surface area (Å²) < 4.78 is 9.43. The molecule has 8 rings (SSSR count). The number of ether oxygens (including phenoxy) is 1. The maximum Gasteiger partial charge on any atom is 0.337 e. The second-order valence-corrected chi connectivity index (χ2v) is 12.0. The molecule has 7 aromatic rings. The molecule has 0 unspecified atom stereocenters. The Bertz CT molecular complexity index is 2400. The van der Waals surface area contributed by atoms with Gasteiger partial charge in [-0.25, -0.2) is 14.8 Å². The lowest BCUT2D eigenvalue weighted by atomic mass is 9.97. The van der Waals surface area contributed by atoms with Gasteiger partial charge >= 0.3 is 5.97 Å². The van der Waals surface area contributed by atoms with E-state index in [1.165, 1.54) is 37.7 Å². The van der Waals surface area contributed by atoms with E-state index in [0.29, 0.717) is 5.56 Å². The van der Waals surface area contributed by atoms with E-state index < -0.39 is 10.9 Å². The minimum atomic E-state index is -0.396. The van der Waals surface area contributed by atoms with Crippen LogP contribution in [0.15, 0.2) is 103 Å². The van der Waals surface area contributed by atoms with Crippen molar-refractivity contribution in [2.75, 3.05) is 7.11 Å². The van der Waals surface area contributed by atoms with Crippen LogP contribution in [0.2, 0.25) is 0 Å². The van der Waals surface area contributed by atoms with Crippen molar-refractivity contribution < 1.29 is 14.5 Å². The lowest BCUT2D eigenvalue weighted by molar-refractivity contribution is -0.384. The van der Waals surface area contributed by atoms with Crippen LogP contribution in [0, 0.1) is 10.1 Å². The van der Waals surface area contributed by atoms with Crippen LogP contribution in [0.25, 0.3) is 61.1 Å². The molecule has 0 radical (unpaired) electrons. The molecule has 4 aromatic carbocycles. The largest absolute Gasteiger partial charge is 0.465 e. The SMILES string of the molecule is COC(=O)c1ccc2c(c1)nc(-c1ccc3c(c1)nc(-c1ccc([N+](=O)[O-])cc1)c1cc4ccccc4n13)n2CCC1=CCCCC1. The van der Waals surface area contributed by atoms with Gasteiger partial charge in [-0.3, -0.25) is 10.1 Å². The number of fused-ring (bicyclic) bond motifs is 6. The van der Waals surface area contributed by atoms with E-state index in [0.717, 1.165) is 86.9 Å². The monoisotopic (exact) mass is 621 g/mol. The summed E-state index contributed by atoms with van der Waals surface area (Å²) in [6, 6.07) is 28.6. The molecule has 3 heterocycles. The lowest BCUT2D eigenvalue weighted by Crippen LogP contribution is -2.04. The van der Waals surface area contributed by atoms with E-state index in [9.17, 15) is 14.9 Å². The van der Waals surface area contributed by atoms with Crippen molar-refractivity contribution in [1.29, 1.82) is 0 Å². The first kappa shape index (κ1) is 28.6. The molecule has 232 valence electrons. The van der Waals surface area contributed by atoms with Crippen molar-refractivity contribution in [2.45, 2.75) is 38.6 Å². The summed E-state index contributed by atoms with van der Waals surface area (Å²) >= 11 is 0. The first-order valence-electron chi connectivity index (χ1n) is 15.8. The Kier molecular flexibility index (Phi) is 7.01. The fourth-order valence-electron chi connectivity index (χ4n) is 6.87. The van der Waals surface area contributed by atoms with Gasteiger partial charge in [0.2, 0.25) is 0 Å². The third-order valence-corrected chi connectivity index (χ3v) is 9.22. The Balaban J connectivity index is 1.33. The number of non-ortho nitro benzene ring substituents is 1. The number of methoxy groups -OCH3 is 1. The number of aromatic nitrogens is 4. The van der Waals surface area contributed by atoms with Crippen LogP contribution in [0.4, 0.5) is 5.69 Å². The van der Waals surface area contributed by atoms with Gasteiger partial charge in [-0.2, -0.15) is 0 Å². The number of rotatable bonds is 7. The van der Waals surface area contributed by atoms with Crippen LogP contribution in [-0.4, -0.2) is 36.9 Å². The maximum absolute atomic E-state index is 12.4. The number of allylic oxidation sites excluding steroid dienone is 2. The Morgan fingerprint density at radius 1 is 0.851 bits per heavy atom. The molecular formula is C38H31N5O4. The molecule has 0 spiro atoms. The maximum atomic E-state index is 12.4. The van der Waals surface area contributed by atoms with Crippen LogP contribution in [0.1, 0.15) is 42.5 Å². The van der Waals surface area contributed by atoms with Gasteiger partial charge in [0.05, 0.1) is 56.4 Å². The van der Waals surface area contributed by atoms with Crippen LogP contribution in [0.5, 0.6) is 0 Å². The zero-order valence-corrected chi connectivity index (χ0v) is 25.8. The zero-order valence-electron chi connectivity index (χ0n) is 25.8. The number of imidazole rings is 1. The zero-order chi connectivity index (χ0) is 32.1.